The Kier molecular flexibility index (Phi) is 9.76. The van der Waals surface area contributed by atoms with Crippen LogP contribution in [-0.2, 0) is 14.3 Å². The highest BCUT2D eigenvalue weighted by molar-refractivity contribution is 7.09. The molecule has 0 aliphatic carbocycles. The van der Waals surface area contributed by atoms with E-state index in [-0.39, 0.29) is 42.4 Å². The van der Waals surface area contributed by atoms with E-state index in [1.165, 1.54) is 25.6 Å². The van der Waals surface area contributed by atoms with Crippen LogP contribution in [0.15, 0.2) is 29.6 Å². The molecule has 0 bridgehead atoms. The Balaban J connectivity index is 1.45. The Bertz CT molecular complexity index is 997. The molecular weight excluding hydrogens is 470 g/mol. The highest BCUT2D eigenvalue weighted by Crippen LogP contribution is 2.30. The average molecular weight is 504 g/mol. The average Bonchev–Trinajstić information content (AvgIpc) is 3.38. The summed E-state index contributed by atoms with van der Waals surface area (Å²) in [7, 11) is 4.62. The molecule has 2 amide bonds. The predicted molar refractivity (Wildman–Crippen MR) is 132 cm³/mol. The Morgan fingerprint density at radius 3 is 2.34 bits per heavy atom. The number of ether oxygens (including phenoxy) is 3. The standard InChI is InChI=1S/C25H33N3O6S/c1-16(25(33-3)34-4)26-23(31)20-15-35-24(27-20)18-11-13-28(14-12-18)22(30)10-9-21(29)17-5-7-19(32-2)8-6-17/h5-8,15-16,18,25H,9-14H2,1-4H3,(H,26,31). The number of thiazole rings is 1. The Hall–Kier alpha value is -2.82. The van der Waals surface area contributed by atoms with Crippen molar-refractivity contribution in [3.63, 3.8) is 0 Å². The molecule has 9 nitrogen and oxygen atoms in total. The zero-order valence-electron chi connectivity index (χ0n) is 20.6. The fourth-order valence-corrected chi connectivity index (χ4v) is 5.08. The molecule has 1 fully saturated rings. The predicted octanol–water partition coefficient (Wildman–Crippen LogP) is 3.26. The zero-order valence-corrected chi connectivity index (χ0v) is 21.4. The van der Waals surface area contributed by atoms with Crippen molar-refractivity contribution >= 4 is 28.9 Å². The SMILES string of the molecule is COc1ccc(C(=O)CCC(=O)N2CCC(c3nc(C(=O)NC(C)C(OC)OC)cs3)CC2)cc1. The van der Waals surface area contributed by atoms with E-state index in [1.807, 2.05) is 4.90 Å². The van der Waals surface area contributed by atoms with Crippen LogP contribution in [0, 0.1) is 0 Å². The van der Waals surface area contributed by atoms with E-state index in [2.05, 4.69) is 10.3 Å². The van der Waals surface area contributed by atoms with E-state index < -0.39 is 6.29 Å². The van der Waals surface area contributed by atoms with Crippen LogP contribution in [0.4, 0.5) is 0 Å². The Labute approximate surface area is 209 Å². The van der Waals surface area contributed by atoms with Crippen LogP contribution in [0.2, 0.25) is 0 Å². The van der Waals surface area contributed by atoms with Gasteiger partial charge in [0.1, 0.15) is 11.4 Å². The topological polar surface area (TPSA) is 107 Å². The van der Waals surface area contributed by atoms with Gasteiger partial charge in [-0.3, -0.25) is 14.4 Å². The van der Waals surface area contributed by atoms with Gasteiger partial charge in [0.15, 0.2) is 12.1 Å². The molecule has 1 unspecified atom stereocenters. The normalized spacial score (nSPS) is 15.2. The molecule has 2 heterocycles. The summed E-state index contributed by atoms with van der Waals surface area (Å²) in [4.78, 5) is 43.9. The van der Waals surface area contributed by atoms with Crippen LogP contribution in [0.5, 0.6) is 5.75 Å². The molecule has 10 heteroatoms. The van der Waals surface area contributed by atoms with E-state index in [4.69, 9.17) is 14.2 Å². The number of amides is 2. The van der Waals surface area contributed by atoms with Gasteiger partial charge in [-0.05, 0) is 44.0 Å². The van der Waals surface area contributed by atoms with Crippen molar-refractivity contribution in [1.82, 2.24) is 15.2 Å². The number of ketones is 1. The van der Waals surface area contributed by atoms with Crippen molar-refractivity contribution in [3.8, 4) is 5.75 Å². The zero-order chi connectivity index (χ0) is 25.4. The molecule has 0 radical (unpaired) electrons. The molecule has 1 atom stereocenters. The molecule has 1 aromatic carbocycles. The summed E-state index contributed by atoms with van der Waals surface area (Å²) >= 11 is 1.46. The number of aromatic nitrogens is 1. The number of likely N-dealkylation sites (tertiary alicyclic amines) is 1. The van der Waals surface area contributed by atoms with Gasteiger partial charge < -0.3 is 24.4 Å². The molecule has 1 aliphatic heterocycles. The maximum absolute atomic E-state index is 12.6. The molecule has 1 aliphatic rings. The highest BCUT2D eigenvalue weighted by atomic mass is 32.1. The van der Waals surface area contributed by atoms with E-state index in [0.29, 0.717) is 30.1 Å². The summed E-state index contributed by atoms with van der Waals surface area (Å²) in [5.74, 6) is 0.558. The van der Waals surface area contributed by atoms with Crippen molar-refractivity contribution in [2.24, 2.45) is 0 Å². The minimum atomic E-state index is -0.537. The second-order valence-corrected chi connectivity index (χ2v) is 9.37. The molecule has 1 aromatic heterocycles. The molecule has 1 N–H and O–H groups in total. The van der Waals surface area contributed by atoms with Crippen LogP contribution in [0.3, 0.4) is 0 Å². The summed E-state index contributed by atoms with van der Waals surface area (Å²) in [6, 6.07) is 6.59. The quantitative estimate of drug-likeness (QED) is 0.370. The van der Waals surface area contributed by atoms with E-state index in [1.54, 1.807) is 43.7 Å². The van der Waals surface area contributed by atoms with Gasteiger partial charge >= 0.3 is 0 Å². The number of Topliss-reactive ketones (excluding diaryl/α,β-unsaturated/α-hetero) is 1. The number of hydrogen-bond donors (Lipinski definition) is 1. The van der Waals surface area contributed by atoms with Gasteiger partial charge in [0.2, 0.25) is 5.91 Å². The van der Waals surface area contributed by atoms with Crippen LogP contribution in [0.1, 0.15) is 64.4 Å². The first-order chi connectivity index (χ1) is 16.9. The van der Waals surface area contributed by atoms with Gasteiger partial charge in [-0.1, -0.05) is 0 Å². The molecule has 0 saturated carbocycles. The lowest BCUT2D eigenvalue weighted by Gasteiger charge is -2.31. The number of nitrogens with one attached hydrogen (secondary N) is 1. The monoisotopic (exact) mass is 503 g/mol. The number of piperidine rings is 1. The molecular formula is C25H33N3O6S. The first-order valence-corrected chi connectivity index (χ1v) is 12.5. The van der Waals surface area contributed by atoms with Gasteiger partial charge in [-0.25, -0.2) is 4.98 Å². The number of rotatable bonds is 11. The van der Waals surface area contributed by atoms with Crippen LogP contribution >= 0.6 is 11.3 Å². The van der Waals surface area contributed by atoms with Crippen molar-refractivity contribution < 1.29 is 28.6 Å². The third-order valence-electron chi connectivity index (χ3n) is 6.16. The Morgan fingerprint density at radius 2 is 1.74 bits per heavy atom. The Morgan fingerprint density at radius 1 is 1.09 bits per heavy atom. The fraction of sp³-hybridized carbons (Fsp3) is 0.520. The molecule has 190 valence electrons. The molecule has 0 spiro atoms. The van der Waals surface area contributed by atoms with Gasteiger partial charge in [-0.2, -0.15) is 0 Å². The van der Waals surface area contributed by atoms with E-state index in [9.17, 15) is 14.4 Å². The van der Waals surface area contributed by atoms with Crippen molar-refractivity contribution in [2.75, 3.05) is 34.4 Å². The summed E-state index contributed by atoms with van der Waals surface area (Å²) in [5, 5.41) is 5.51. The van der Waals surface area contributed by atoms with Crippen molar-refractivity contribution in [1.29, 1.82) is 0 Å². The third kappa shape index (κ3) is 7.09. The van der Waals surface area contributed by atoms with Gasteiger partial charge in [0.25, 0.3) is 5.91 Å². The molecule has 3 rings (SSSR count). The van der Waals surface area contributed by atoms with Gasteiger partial charge in [0.05, 0.1) is 18.2 Å². The summed E-state index contributed by atoms with van der Waals surface area (Å²) in [5.41, 5.74) is 0.952. The second-order valence-electron chi connectivity index (χ2n) is 8.48. The molecule has 1 saturated heterocycles. The van der Waals surface area contributed by atoms with Gasteiger partial charge in [-0.15, -0.1) is 11.3 Å². The van der Waals surface area contributed by atoms with Gasteiger partial charge in [0, 0.05) is 57.0 Å². The van der Waals surface area contributed by atoms with E-state index in [0.717, 1.165) is 17.8 Å². The lowest BCUT2D eigenvalue weighted by atomic mass is 9.97. The minimum absolute atomic E-state index is 0.00987. The maximum Gasteiger partial charge on any atom is 0.271 e. The second kappa shape index (κ2) is 12.8. The van der Waals surface area contributed by atoms with E-state index >= 15 is 0 Å². The first kappa shape index (κ1) is 26.8. The lowest BCUT2D eigenvalue weighted by molar-refractivity contribution is -0.132. The lowest BCUT2D eigenvalue weighted by Crippen LogP contribution is -2.43. The number of nitrogens with zero attached hydrogens (tertiary/aromatic N) is 2. The van der Waals surface area contributed by atoms with Crippen molar-refractivity contribution in [3.05, 3.63) is 45.9 Å². The minimum Gasteiger partial charge on any atom is -0.497 e. The fourth-order valence-electron chi connectivity index (χ4n) is 4.11. The third-order valence-corrected chi connectivity index (χ3v) is 7.17. The largest absolute Gasteiger partial charge is 0.497 e. The summed E-state index contributed by atoms with van der Waals surface area (Å²) in [6.45, 7) is 3.03. The maximum atomic E-state index is 12.6. The highest BCUT2D eigenvalue weighted by Gasteiger charge is 2.27. The number of carbonyl (C=O) groups is 3. The smallest absolute Gasteiger partial charge is 0.271 e. The molecule has 35 heavy (non-hydrogen) atoms. The number of benzene rings is 1. The molecule has 2 aromatic rings. The number of hydrogen-bond acceptors (Lipinski definition) is 8. The van der Waals surface area contributed by atoms with Crippen LogP contribution < -0.4 is 10.1 Å². The summed E-state index contributed by atoms with van der Waals surface area (Å²) in [6.07, 6.45) is 1.39. The van der Waals surface area contributed by atoms with Crippen molar-refractivity contribution in [2.45, 2.75) is 50.9 Å². The number of carbonyl (C=O) groups excluding carboxylic acids is 3. The van der Waals surface area contributed by atoms with Crippen LogP contribution in [-0.4, -0.2) is 74.2 Å². The first-order valence-electron chi connectivity index (χ1n) is 11.6. The number of methoxy groups -OCH3 is 3. The summed E-state index contributed by atoms with van der Waals surface area (Å²) < 4.78 is 15.5. The van der Waals surface area contributed by atoms with Crippen LogP contribution in [0.25, 0.3) is 0 Å².